The first-order valence-electron chi connectivity index (χ1n) is 2.89. The molecule has 0 spiro atoms. The Morgan fingerprint density at radius 2 is 2.20 bits per heavy atom. The van der Waals surface area contributed by atoms with E-state index in [1.54, 1.807) is 7.11 Å². The van der Waals surface area contributed by atoms with E-state index in [0.29, 0.717) is 0 Å². The topological polar surface area (TPSA) is 9.23 Å². The van der Waals surface area contributed by atoms with Crippen LogP contribution < -0.4 is 4.74 Å². The van der Waals surface area contributed by atoms with Crippen LogP contribution in [0.1, 0.15) is 5.56 Å². The van der Waals surface area contributed by atoms with Gasteiger partial charge in [0.05, 0.1) is 7.11 Å². The number of ether oxygens (including phenoxy) is 1. The number of hydrogen-bond acceptors (Lipinski definition) is 1. The van der Waals surface area contributed by atoms with Crippen molar-refractivity contribution in [3.63, 3.8) is 0 Å². The molecule has 0 N–H and O–H groups in total. The third-order valence-corrected chi connectivity index (χ3v) is 2.31. The molecule has 0 saturated heterocycles. The highest BCUT2D eigenvalue weighted by atomic mass is 127. The predicted octanol–water partition coefficient (Wildman–Crippen LogP) is 2.48. The summed E-state index contributed by atoms with van der Waals surface area (Å²) in [6.07, 6.45) is 0. The lowest BCUT2D eigenvalue weighted by atomic mass is 10.2. The Labute approximate surface area is 74.5 Å². The zero-order chi connectivity index (χ0) is 7.56. The summed E-state index contributed by atoms with van der Waals surface area (Å²) in [5.41, 5.74) is 1.01. The Kier molecular flexibility index (Phi) is 2.54. The Balaban J connectivity index is 3.04. The largest absolute Gasteiger partial charge is 0.497 e. The summed E-state index contributed by atoms with van der Waals surface area (Å²) in [6, 6.07) is 5.83. The lowest BCUT2D eigenvalue weighted by Crippen LogP contribution is -1.84. The molecule has 2 heteroatoms. The molecule has 0 bridgehead atoms. The Morgan fingerprint density at radius 1 is 1.50 bits per heavy atom. The van der Waals surface area contributed by atoms with E-state index >= 15 is 0 Å². The fourth-order valence-electron chi connectivity index (χ4n) is 0.678. The summed E-state index contributed by atoms with van der Waals surface area (Å²) >= 11 is 2.24. The molecule has 1 aromatic carbocycles. The Hall–Kier alpha value is -0.250. The van der Waals surface area contributed by atoms with Crippen LogP contribution in [0.5, 0.6) is 5.75 Å². The van der Waals surface area contributed by atoms with Crippen LogP contribution in [0.15, 0.2) is 18.2 Å². The number of benzene rings is 1. The second-order valence-electron chi connectivity index (χ2n) is 1.96. The van der Waals surface area contributed by atoms with E-state index in [-0.39, 0.29) is 0 Å². The van der Waals surface area contributed by atoms with Gasteiger partial charge in [-0.3, -0.25) is 0 Å². The highest BCUT2D eigenvalue weighted by molar-refractivity contribution is 14.1. The van der Waals surface area contributed by atoms with E-state index in [1.807, 2.05) is 18.2 Å². The fraction of sp³-hybridized carbons (Fsp3) is 0.125. The maximum atomic E-state index is 5.01. The van der Waals surface area contributed by atoms with Crippen LogP contribution in [0.25, 0.3) is 0 Å². The molecule has 0 aliphatic carbocycles. The first-order chi connectivity index (χ1) is 4.74. The first-order valence-corrected chi connectivity index (χ1v) is 3.97. The van der Waals surface area contributed by atoms with Crippen LogP contribution in [0.3, 0.4) is 0 Å². The molecule has 0 aromatic heterocycles. The number of halogens is 1. The minimum atomic E-state index is 0.866. The average molecular weight is 247 g/mol. The van der Waals surface area contributed by atoms with Crippen LogP contribution in [0.4, 0.5) is 0 Å². The Bertz CT molecular complexity index is 233. The van der Waals surface area contributed by atoms with Crippen molar-refractivity contribution in [1.29, 1.82) is 0 Å². The molecular weight excluding hydrogens is 239 g/mol. The lowest BCUT2D eigenvalue weighted by molar-refractivity contribution is 0.414. The highest BCUT2D eigenvalue weighted by Crippen LogP contribution is 2.17. The van der Waals surface area contributed by atoms with Gasteiger partial charge in [-0.25, -0.2) is 0 Å². The van der Waals surface area contributed by atoms with Gasteiger partial charge in [0.1, 0.15) is 5.75 Å². The average Bonchev–Trinajstić information content (AvgIpc) is 1.95. The van der Waals surface area contributed by atoms with Crippen molar-refractivity contribution in [2.75, 3.05) is 7.11 Å². The van der Waals surface area contributed by atoms with Crippen molar-refractivity contribution < 1.29 is 4.74 Å². The van der Waals surface area contributed by atoms with Crippen molar-refractivity contribution in [2.45, 2.75) is 0 Å². The van der Waals surface area contributed by atoms with Gasteiger partial charge < -0.3 is 4.74 Å². The lowest BCUT2D eigenvalue weighted by Gasteiger charge is -2.01. The molecule has 53 valence electrons. The maximum absolute atomic E-state index is 5.01. The molecule has 0 fully saturated rings. The summed E-state index contributed by atoms with van der Waals surface area (Å²) < 4.78 is 6.17. The molecule has 0 aliphatic heterocycles. The van der Waals surface area contributed by atoms with E-state index in [9.17, 15) is 0 Å². The van der Waals surface area contributed by atoms with Gasteiger partial charge in [0.15, 0.2) is 0 Å². The van der Waals surface area contributed by atoms with Crippen LogP contribution in [-0.2, 0) is 0 Å². The van der Waals surface area contributed by atoms with Crippen molar-refractivity contribution >= 4 is 22.6 Å². The van der Waals surface area contributed by atoms with Gasteiger partial charge in [-0.2, -0.15) is 0 Å². The Morgan fingerprint density at radius 3 is 2.70 bits per heavy atom. The molecule has 0 saturated carbocycles. The van der Waals surface area contributed by atoms with Crippen LogP contribution in [0, 0.1) is 10.5 Å². The number of methoxy groups -OCH3 is 1. The zero-order valence-corrected chi connectivity index (χ0v) is 7.88. The molecule has 1 aromatic rings. The van der Waals surface area contributed by atoms with Gasteiger partial charge in [-0.05, 0) is 53.3 Å². The molecular formula is C8H8IO. The van der Waals surface area contributed by atoms with Gasteiger partial charge >= 0.3 is 0 Å². The van der Waals surface area contributed by atoms with Crippen molar-refractivity contribution in [1.82, 2.24) is 0 Å². The summed E-state index contributed by atoms with van der Waals surface area (Å²) in [6.45, 7) is 3.84. The molecule has 1 radical (unpaired) electrons. The highest BCUT2D eigenvalue weighted by Gasteiger charge is 1.94. The quantitative estimate of drug-likeness (QED) is 0.692. The van der Waals surface area contributed by atoms with E-state index in [1.165, 1.54) is 3.57 Å². The zero-order valence-electron chi connectivity index (χ0n) is 5.73. The van der Waals surface area contributed by atoms with E-state index < -0.39 is 0 Å². The smallest absolute Gasteiger partial charge is 0.119 e. The maximum Gasteiger partial charge on any atom is 0.119 e. The minimum Gasteiger partial charge on any atom is -0.497 e. The van der Waals surface area contributed by atoms with Crippen LogP contribution >= 0.6 is 22.6 Å². The molecule has 0 unspecified atom stereocenters. The second-order valence-corrected chi connectivity index (χ2v) is 3.12. The van der Waals surface area contributed by atoms with Gasteiger partial charge in [0.25, 0.3) is 0 Å². The second kappa shape index (κ2) is 3.23. The summed E-state index contributed by atoms with van der Waals surface area (Å²) in [7, 11) is 1.65. The molecule has 10 heavy (non-hydrogen) atoms. The van der Waals surface area contributed by atoms with Crippen molar-refractivity contribution in [3.05, 3.63) is 34.3 Å². The van der Waals surface area contributed by atoms with E-state index in [2.05, 4.69) is 29.5 Å². The molecule has 1 nitrogen and oxygen atoms in total. The predicted molar refractivity (Wildman–Crippen MR) is 50.2 cm³/mol. The van der Waals surface area contributed by atoms with Gasteiger partial charge in [0, 0.05) is 3.57 Å². The van der Waals surface area contributed by atoms with Crippen LogP contribution in [-0.4, -0.2) is 7.11 Å². The third kappa shape index (κ3) is 1.62. The SMILES string of the molecule is [CH2]c1cc(OC)ccc1I. The monoisotopic (exact) mass is 247 g/mol. The van der Waals surface area contributed by atoms with Crippen molar-refractivity contribution in [3.8, 4) is 5.75 Å². The van der Waals surface area contributed by atoms with Gasteiger partial charge in [-0.1, -0.05) is 0 Å². The third-order valence-electron chi connectivity index (χ3n) is 1.25. The standard InChI is InChI=1S/C8H8IO/c1-6-5-7(10-2)3-4-8(6)9/h3-5H,1H2,2H3. The first kappa shape index (κ1) is 7.85. The molecule has 1 rings (SSSR count). The summed E-state index contributed by atoms with van der Waals surface area (Å²) in [4.78, 5) is 0. The molecule has 0 atom stereocenters. The molecule has 0 amide bonds. The summed E-state index contributed by atoms with van der Waals surface area (Å²) in [5, 5.41) is 0. The number of rotatable bonds is 1. The van der Waals surface area contributed by atoms with E-state index in [4.69, 9.17) is 4.74 Å². The molecule has 0 heterocycles. The minimum absolute atomic E-state index is 0.866. The summed E-state index contributed by atoms with van der Waals surface area (Å²) in [5.74, 6) is 0.866. The van der Waals surface area contributed by atoms with Gasteiger partial charge in [-0.15, -0.1) is 0 Å². The normalized spacial score (nSPS) is 9.50. The van der Waals surface area contributed by atoms with Crippen molar-refractivity contribution in [2.24, 2.45) is 0 Å². The molecule has 0 aliphatic rings. The van der Waals surface area contributed by atoms with E-state index in [0.717, 1.165) is 11.3 Å². The number of hydrogen-bond donors (Lipinski definition) is 0. The van der Waals surface area contributed by atoms with Crippen LogP contribution in [0.2, 0.25) is 0 Å². The van der Waals surface area contributed by atoms with Gasteiger partial charge in [0.2, 0.25) is 0 Å². The fourth-order valence-corrected chi connectivity index (χ4v) is 1.01.